The van der Waals surface area contributed by atoms with Gasteiger partial charge >= 0.3 is 5.97 Å². The first-order valence-electron chi connectivity index (χ1n) is 7.30. The lowest BCUT2D eigenvalue weighted by Crippen LogP contribution is -2.30. The Morgan fingerprint density at radius 3 is 2.84 bits per heavy atom. The van der Waals surface area contributed by atoms with E-state index in [1.807, 2.05) is 0 Å². The second-order valence-electron chi connectivity index (χ2n) is 5.24. The summed E-state index contributed by atoms with van der Waals surface area (Å²) >= 11 is 6.01. The van der Waals surface area contributed by atoms with Crippen molar-refractivity contribution in [3.63, 3.8) is 0 Å². The van der Waals surface area contributed by atoms with E-state index in [1.165, 1.54) is 37.3 Å². The number of hydrogen-bond acceptors (Lipinski definition) is 5. The van der Waals surface area contributed by atoms with Gasteiger partial charge in [0.2, 0.25) is 6.79 Å². The summed E-state index contributed by atoms with van der Waals surface area (Å²) in [4.78, 5) is 24.3. The smallest absolute Gasteiger partial charge is 0.339 e. The van der Waals surface area contributed by atoms with Crippen LogP contribution >= 0.6 is 11.6 Å². The van der Waals surface area contributed by atoms with Gasteiger partial charge in [0.15, 0.2) is 17.6 Å². The Bertz CT molecular complexity index is 842. The van der Waals surface area contributed by atoms with Gasteiger partial charge in [-0.05, 0) is 37.3 Å². The van der Waals surface area contributed by atoms with Gasteiger partial charge in [-0.15, -0.1) is 0 Å². The van der Waals surface area contributed by atoms with E-state index < -0.39 is 23.8 Å². The summed E-state index contributed by atoms with van der Waals surface area (Å²) in [5, 5.41) is 2.67. The number of ether oxygens (including phenoxy) is 3. The lowest BCUT2D eigenvalue weighted by atomic mass is 10.2. The molecule has 1 aliphatic heterocycles. The third-order valence-corrected chi connectivity index (χ3v) is 3.69. The van der Waals surface area contributed by atoms with E-state index in [9.17, 15) is 14.0 Å². The van der Waals surface area contributed by atoms with E-state index in [0.717, 1.165) is 6.07 Å². The molecule has 0 fully saturated rings. The van der Waals surface area contributed by atoms with Crippen molar-refractivity contribution in [1.29, 1.82) is 0 Å². The second-order valence-corrected chi connectivity index (χ2v) is 5.65. The maximum Gasteiger partial charge on any atom is 0.339 e. The molecule has 2 aromatic rings. The van der Waals surface area contributed by atoms with Crippen LogP contribution in [0.3, 0.4) is 0 Å². The Balaban J connectivity index is 1.66. The fourth-order valence-electron chi connectivity index (χ4n) is 2.18. The van der Waals surface area contributed by atoms with E-state index in [1.54, 1.807) is 0 Å². The first kappa shape index (κ1) is 17.0. The summed E-state index contributed by atoms with van der Waals surface area (Å²) in [5.41, 5.74) is 0.388. The van der Waals surface area contributed by atoms with Crippen molar-refractivity contribution in [1.82, 2.24) is 0 Å². The molecule has 1 amide bonds. The van der Waals surface area contributed by atoms with Crippen LogP contribution in [-0.4, -0.2) is 24.8 Å². The first-order chi connectivity index (χ1) is 11.9. The van der Waals surface area contributed by atoms with Crippen molar-refractivity contribution in [3.05, 3.63) is 52.8 Å². The molecule has 8 heteroatoms. The molecule has 0 bridgehead atoms. The number of benzene rings is 2. The number of carbonyl (C=O) groups excluding carboxylic acids is 2. The SMILES string of the molecule is C[C@H](OC(=O)c1cc(Cl)c2c(c1)OCO2)C(=O)Nc1cccc(F)c1. The van der Waals surface area contributed by atoms with E-state index in [2.05, 4.69) is 5.32 Å². The summed E-state index contributed by atoms with van der Waals surface area (Å²) in [6.07, 6.45) is -1.10. The molecule has 1 atom stereocenters. The molecule has 1 heterocycles. The molecular formula is C17H13ClFNO5. The van der Waals surface area contributed by atoms with E-state index in [0.29, 0.717) is 11.5 Å². The minimum atomic E-state index is -1.10. The molecule has 6 nitrogen and oxygen atoms in total. The van der Waals surface area contributed by atoms with Gasteiger partial charge in [0.1, 0.15) is 5.82 Å². The number of fused-ring (bicyclic) bond motifs is 1. The van der Waals surface area contributed by atoms with Crippen LogP contribution in [0, 0.1) is 5.82 Å². The molecule has 25 heavy (non-hydrogen) atoms. The molecule has 1 N–H and O–H groups in total. The normalized spacial score (nSPS) is 13.2. The zero-order valence-electron chi connectivity index (χ0n) is 13.0. The number of halogens is 2. The van der Waals surface area contributed by atoms with Gasteiger partial charge in [0.05, 0.1) is 10.6 Å². The van der Waals surface area contributed by atoms with Gasteiger partial charge in [0, 0.05) is 5.69 Å². The number of carbonyl (C=O) groups is 2. The predicted molar refractivity (Wildman–Crippen MR) is 87.5 cm³/mol. The van der Waals surface area contributed by atoms with Crippen LogP contribution in [-0.2, 0) is 9.53 Å². The van der Waals surface area contributed by atoms with Crippen molar-refractivity contribution < 1.29 is 28.2 Å². The van der Waals surface area contributed by atoms with Gasteiger partial charge in [-0.2, -0.15) is 0 Å². The van der Waals surface area contributed by atoms with Crippen molar-refractivity contribution in [2.24, 2.45) is 0 Å². The minimum absolute atomic E-state index is 0.0139. The van der Waals surface area contributed by atoms with Crippen LogP contribution in [0.25, 0.3) is 0 Å². The predicted octanol–water partition coefficient (Wildman–Crippen LogP) is 3.39. The average molecular weight is 366 g/mol. The van der Waals surface area contributed by atoms with E-state index >= 15 is 0 Å². The first-order valence-corrected chi connectivity index (χ1v) is 7.68. The number of esters is 1. The average Bonchev–Trinajstić information content (AvgIpc) is 3.03. The number of amides is 1. The zero-order valence-corrected chi connectivity index (χ0v) is 13.8. The molecule has 0 saturated carbocycles. The van der Waals surface area contributed by atoms with Gasteiger partial charge in [-0.1, -0.05) is 17.7 Å². The molecule has 0 aromatic heterocycles. The van der Waals surface area contributed by atoms with Crippen LogP contribution < -0.4 is 14.8 Å². The maximum absolute atomic E-state index is 13.1. The quantitative estimate of drug-likeness (QED) is 0.841. The van der Waals surface area contributed by atoms with Gasteiger partial charge < -0.3 is 19.5 Å². The molecule has 2 aromatic carbocycles. The molecule has 0 unspecified atom stereocenters. The largest absolute Gasteiger partial charge is 0.454 e. The molecule has 0 aliphatic carbocycles. The Morgan fingerprint density at radius 2 is 2.08 bits per heavy atom. The molecule has 1 aliphatic rings. The summed E-state index contributed by atoms with van der Waals surface area (Å²) in [7, 11) is 0. The highest BCUT2D eigenvalue weighted by Crippen LogP contribution is 2.39. The highest BCUT2D eigenvalue weighted by Gasteiger charge is 2.24. The molecule has 0 radical (unpaired) electrons. The zero-order chi connectivity index (χ0) is 18.0. The topological polar surface area (TPSA) is 73.9 Å². The van der Waals surface area contributed by atoms with Crippen molar-refractivity contribution in [2.45, 2.75) is 13.0 Å². The van der Waals surface area contributed by atoms with Crippen LogP contribution in [0.15, 0.2) is 36.4 Å². The summed E-state index contributed by atoms with van der Waals surface area (Å²) in [5.74, 6) is -1.14. The van der Waals surface area contributed by atoms with Gasteiger partial charge in [-0.25, -0.2) is 9.18 Å². The molecule has 130 valence electrons. The second kappa shape index (κ2) is 6.98. The summed E-state index contributed by atoms with van der Waals surface area (Å²) in [6.45, 7) is 1.42. The number of hydrogen-bond donors (Lipinski definition) is 1. The molecule has 0 saturated heterocycles. The Labute approximate surface area is 147 Å². The number of nitrogens with one attached hydrogen (secondary N) is 1. The summed E-state index contributed by atoms with van der Waals surface area (Å²) < 4.78 is 28.6. The lowest BCUT2D eigenvalue weighted by Gasteiger charge is -2.14. The molecular weight excluding hydrogens is 353 g/mol. The number of rotatable bonds is 4. The van der Waals surface area contributed by atoms with Crippen molar-refractivity contribution in [2.75, 3.05) is 12.1 Å². The lowest BCUT2D eigenvalue weighted by molar-refractivity contribution is -0.123. The van der Waals surface area contributed by atoms with E-state index in [4.69, 9.17) is 25.8 Å². The van der Waals surface area contributed by atoms with Gasteiger partial charge in [0.25, 0.3) is 5.91 Å². The van der Waals surface area contributed by atoms with Crippen LogP contribution in [0.4, 0.5) is 10.1 Å². The van der Waals surface area contributed by atoms with Crippen LogP contribution in [0.5, 0.6) is 11.5 Å². The molecule has 3 rings (SSSR count). The third kappa shape index (κ3) is 3.83. The Kier molecular flexibility index (Phi) is 4.76. The van der Waals surface area contributed by atoms with Crippen molar-refractivity contribution in [3.8, 4) is 11.5 Å². The fourth-order valence-corrected chi connectivity index (χ4v) is 2.44. The highest BCUT2D eigenvalue weighted by molar-refractivity contribution is 6.32. The highest BCUT2D eigenvalue weighted by atomic mass is 35.5. The Hall–Kier alpha value is -2.80. The van der Waals surface area contributed by atoms with Crippen LogP contribution in [0.1, 0.15) is 17.3 Å². The third-order valence-electron chi connectivity index (χ3n) is 3.41. The maximum atomic E-state index is 13.1. The standard InChI is InChI=1S/C17H13ClFNO5/c1-9(16(21)20-12-4-2-3-11(19)7-12)25-17(22)10-5-13(18)15-14(6-10)23-8-24-15/h2-7,9H,8H2,1H3,(H,20,21)/t9-/m0/s1. The number of anilines is 1. The minimum Gasteiger partial charge on any atom is -0.454 e. The molecule has 0 spiro atoms. The van der Waals surface area contributed by atoms with Crippen LogP contribution in [0.2, 0.25) is 5.02 Å². The Morgan fingerprint density at radius 1 is 1.28 bits per heavy atom. The monoisotopic (exact) mass is 365 g/mol. The summed E-state index contributed by atoms with van der Waals surface area (Å²) in [6, 6.07) is 8.18. The fraction of sp³-hybridized carbons (Fsp3) is 0.176. The van der Waals surface area contributed by atoms with Crippen molar-refractivity contribution >= 4 is 29.2 Å². The van der Waals surface area contributed by atoms with Gasteiger partial charge in [-0.3, -0.25) is 4.79 Å². The van der Waals surface area contributed by atoms with E-state index in [-0.39, 0.29) is 23.1 Å².